The molecule has 0 aromatic heterocycles. The quantitative estimate of drug-likeness (QED) is 0.473. The molecule has 0 aromatic carbocycles. The van der Waals surface area contributed by atoms with Crippen molar-refractivity contribution in [3.05, 3.63) is 0 Å². The van der Waals surface area contributed by atoms with Gasteiger partial charge in [-0.05, 0) is 25.2 Å². The predicted molar refractivity (Wildman–Crippen MR) is 86.4 cm³/mol. The van der Waals surface area contributed by atoms with Crippen LogP contribution in [0.15, 0.2) is 0 Å². The zero-order valence-electron chi connectivity index (χ0n) is 13.0. The maximum Gasteiger partial charge on any atom is 0.315 e. The maximum atomic E-state index is 11.7. The monoisotopic (exact) mass is 313 g/mol. The number of hydrogen-bond acceptors (Lipinski definition) is 3. The fraction of sp³-hybridized carbons (Fsp3) is 0.867. The van der Waals surface area contributed by atoms with Crippen molar-refractivity contribution in [3.63, 3.8) is 0 Å². The standard InChI is InChI=1S/C15H27N3O2S/c1-10(2)7-8-16-13(19)6-4-3-5-12-14-11(9-21-12)17-15(20)18-14/h10-12,14H,3-9H2,1-2H3,(H,16,19)(H2,17,18,20)/t11-,12+,14-/m1/s1. The van der Waals surface area contributed by atoms with Crippen LogP contribution >= 0.6 is 11.8 Å². The molecule has 6 heteroatoms. The molecule has 21 heavy (non-hydrogen) atoms. The lowest BCUT2D eigenvalue weighted by molar-refractivity contribution is -0.121. The van der Waals surface area contributed by atoms with Crippen LogP contribution in [0.25, 0.3) is 0 Å². The molecule has 2 aliphatic rings. The van der Waals surface area contributed by atoms with E-state index in [4.69, 9.17) is 0 Å². The summed E-state index contributed by atoms with van der Waals surface area (Å²) < 4.78 is 0. The molecule has 0 spiro atoms. The van der Waals surface area contributed by atoms with E-state index in [2.05, 4.69) is 29.8 Å². The van der Waals surface area contributed by atoms with Gasteiger partial charge in [0.15, 0.2) is 0 Å². The molecule has 3 amide bonds. The van der Waals surface area contributed by atoms with Crippen molar-refractivity contribution in [2.75, 3.05) is 12.3 Å². The van der Waals surface area contributed by atoms with E-state index in [-0.39, 0.29) is 18.0 Å². The first kappa shape index (κ1) is 16.5. The number of carbonyl (C=O) groups is 2. The van der Waals surface area contributed by atoms with Gasteiger partial charge < -0.3 is 16.0 Å². The highest BCUT2D eigenvalue weighted by molar-refractivity contribution is 8.00. The number of hydrogen-bond donors (Lipinski definition) is 3. The van der Waals surface area contributed by atoms with Crippen molar-refractivity contribution in [2.45, 2.75) is 63.3 Å². The second-order valence-corrected chi connectivity index (χ2v) is 7.67. The Kier molecular flexibility index (Phi) is 6.21. The summed E-state index contributed by atoms with van der Waals surface area (Å²) in [7, 11) is 0. The van der Waals surface area contributed by atoms with E-state index >= 15 is 0 Å². The first-order valence-electron chi connectivity index (χ1n) is 8.01. The van der Waals surface area contributed by atoms with Crippen LogP contribution in [0, 0.1) is 5.92 Å². The first-order valence-corrected chi connectivity index (χ1v) is 9.06. The molecule has 3 atom stereocenters. The van der Waals surface area contributed by atoms with Crippen LogP contribution in [0.3, 0.4) is 0 Å². The van der Waals surface area contributed by atoms with Gasteiger partial charge in [0.2, 0.25) is 5.91 Å². The number of rotatable bonds is 8. The third-order valence-electron chi connectivity index (χ3n) is 4.12. The van der Waals surface area contributed by atoms with Gasteiger partial charge in [-0.15, -0.1) is 0 Å². The van der Waals surface area contributed by atoms with Gasteiger partial charge in [-0.2, -0.15) is 11.8 Å². The van der Waals surface area contributed by atoms with E-state index in [9.17, 15) is 9.59 Å². The minimum atomic E-state index is -0.0279. The highest BCUT2D eigenvalue weighted by Gasteiger charge is 2.42. The zero-order chi connectivity index (χ0) is 15.2. The van der Waals surface area contributed by atoms with E-state index in [1.807, 2.05) is 11.8 Å². The lowest BCUT2D eigenvalue weighted by Gasteiger charge is -2.16. The van der Waals surface area contributed by atoms with Gasteiger partial charge in [0.1, 0.15) is 0 Å². The van der Waals surface area contributed by atoms with Crippen molar-refractivity contribution < 1.29 is 9.59 Å². The highest BCUT2D eigenvalue weighted by atomic mass is 32.2. The topological polar surface area (TPSA) is 70.2 Å². The molecule has 0 radical (unpaired) electrons. The minimum absolute atomic E-state index is 0.0279. The van der Waals surface area contributed by atoms with Crippen LogP contribution in [-0.2, 0) is 4.79 Å². The van der Waals surface area contributed by atoms with Gasteiger partial charge in [-0.1, -0.05) is 20.3 Å². The SMILES string of the molecule is CC(C)CCNC(=O)CCCC[C@@H]1SC[C@H]2NC(=O)N[C@@H]12. The second kappa shape index (κ2) is 7.92. The maximum absolute atomic E-state index is 11.7. The van der Waals surface area contributed by atoms with Crippen molar-refractivity contribution in [1.82, 2.24) is 16.0 Å². The number of unbranched alkanes of at least 4 members (excludes halogenated alkanes) is 1. The number of fused-ring (bicyclic) bond motifs is 1. The molecule has 2 rings (SSSR count). The highest BCUT2D eigenvalue weighted by Crippen LogP contribution is 2.33. The molecule has 5 nitrogen and oxygen atoms in total. The fourth-order valence-electron chi connectivity index (χ4n) is 2.86. The molecule has 2 aliphatic heterocycles. The molecule has 0 unspecified atom stereocenters. The Hall–Kier alpha value is -0.910. The van der Waals surface area contributed by atoms with Crippen LogP contribution in [0.1, 0.15) is 46.0 Å². The second-order valence-electron chi connectivity index (χ2n) is 6.40. The van der Waals surface area contributed by atoms with Gasteiger partial charge in [0.05, 0.1) is 12.1 Å². The Balaban J connectivity index is 1.54. The average molecular weight is 313 g/mol. The summed E-state index contributed by atoms with van der Waals surface area (Å²) in [4.78, 5) is 22.9. The third kappa shape index (κ3) is 5.09. The normalized spacial score (nSPS) is 27.4. The van der Waals surface area contributed by atoms with Crippen LogP contribution in [0.4, 0.5) is 4.79 Å². The smallest absolute Gasteiger partial charge is 0.315 e. The first-order chi connectivity index (χ1) is 10.1. The van der Waals surface area contributed by atoms with E-state index in [1.165, 1.54) is 0 Å². The van der Waals surface area contributed by atoms with Gasteiger partial charge in [0, 0.05) is 24.0 Å². The molecule has 2 heterocycles. The van der Waals surface area contributed by atoms with Crippen molar-refractivity contribution in [1.29, 1.82) is 0 Å². The Bertz CT molecular complexity index is 376. The summed E-state index contributed by atoms with van der Waals surface area (Å²) in [6, 6.07) is 0.550. The molecule has 0 aliphatic carbocycles. The number of amides is 3. The average Bonchev–Trinajstić information content (AvgIpc) is 2.94. The predicted octanol–water partition coefficient (Wildman–Crippen LogP) is 1.87. The van der Waals surface area contributed by atoms with Crippen molar-refractivity contribution >= 4 is 23.7 Å². The molecule has 2 saturated heterocycles. The van der Waals surface area contributed by atoms with Gasteiger partial charge in [-0.3, -0.25) is 4.79 Å². The molecule has 0 aromatic rings. The van der Waals surface area contributed by atoms with Crippen molar-refractivity contribution in [3.8, 4) is 0 Å². The summed E-state index contributed by atoms with van der Waals surface area (Å²) in [5.74, 6) is 1.81. The lowest BCUT2D eigenvalue weighted by Crippen LogP contribution is -2.36. The van der Waals surface area contributed by atoms with Crippen LogP contribution in [0.5, 0.6) is 0 Å². The molecular weight excluding hydrogens is 286 g/mol. The molecule has 0 bridgehead atoms. The van der Waals surface area contributed by atoms with Crippen LogP contribution < -0.4 is 16.0 Å². The van der Waals surface area contributed by atoms with Gasteiger partial charge >= 0.3 is 6.03 Å². The number of carbonyl (C=O) groups excluding carboxylic acids is 2. The largest absolute Gasteiger partial charge is 0.356 e. The lowest BCUT2D eigenvalue weighted by atomic mass is 10.0. The zero-order valence-corrected chi connectivity index (χ0v) is 13.8. The van der Waals surface area contributed by atoms with Gasteiger partial charge in [-0.25, -0.2) is 4.79 Å². The summed E-state index contributed by atoms with van der Waals surface area (Å²) in [6.45, 7) is 5.11. The van der Waals surface area contributed by atoms with E-state index in [0.717, 1.165) is 38.0 Å². The third-order valence-corrected chi connectivity index (χ3v) is 5.63. The number of thioether (sulfide) groups is 1. The summed E-state index contributed by atoms with van der Waals surface area (Å²) in [5.41, 5.74) is 0. The number of nitrogens with one attached hydrogen (secondary N) is 3. The van der Waals surface area contributed by atoms with Crippen molar-refractivity contribution in [2.24, 2.45) is 5.92 Å². The molecule has 0 saturated carbocycles. The van der Waals surface area contributed by atoms with E-state index < -0.39 is 0 Å². The van der Waals surface area contributed by atoms with Crippen LogP contribution in [0.2, 0.25) is 0 Å². The molecule has 3 N–H and O–H groups in total. The molecular formula is C15H27N3O2S. The number of urea groups is 1. The van der Waals surface area contributed by atoms with E-state index in [0.29, 0.717) is 23.6 Å². The molecule has 2 fully saturated rings. The Morgan fingerprint density at radius 2 is 2.19 bits per heavy atom. The van der Waals surface area contributed by atoms with Gasteiger partial charge in [0.25, 0.3) is 0 Å². The summed E-state index contributed by atoms with van der Waals surface area (Å²) in [5, 5.41) is 9.43. The van der Waals surface area contributed by atoms with E-state index in [1.54, 1.807) is 0 Å². The minimum Gasteiger partial charge on any atom is -0.356 e. The Labute approximate surface area is 131 Å². The molecule has 120 valence electrons. The van der Waals surface area contributed by atoms with Crippen LogP contribution in [-0.4, -0.2) is 41.6 Å². The Morgan fingerprint density at radius 1 is 1.38 bits per heavy atom. The summed E-state index contributed by atoms with van der Waals surface area (Å²) >= 11 is 1.93. The summed E-state index contributed by atoms with van der Waals surface area (Å²) in [6.07, 6.45) is 4.72. The Morgan fingerprint density at radius 3 is 2.95 bits per heavy atom. The fourth-order valence-corrected chi connectivity index (χ4v) is 4.41.